The molecule has 0 aliphatic heterocycles. The number of carbonyl (C=O) groups excluding carboxylic acids is 2. The van der Waals surface area contributed by atoms with Gasteiger partial charge in [0, 0.05) is 17.3 Å². The van der Waals surface area contributed by atoms with Gasteiger partial charge in [-0.2, -0.15) is 5.26 Å². The van der Waals surface area contributed by atoms with Crippen LogP contribution in [-0.4, -0.2) is 18.4 Å². The molecule has 126 valence electrons. The second kappa shape index (κ2) is 6.21. The molecule has 1 aromatic rings. The Kier molecular flexibility index (Phi) is 4.05. The molecule has 0 bridgehead atoms. The van der Waals surface area contributed by atoms with Gasteiger partial charge in [0.1, 0.15) is 5.00 Å². The molecule has 4 rings (SSSR count). The van der Waals surface area contributed by atoms with Crippen LogP contribution in [0, 0.1) is 29.1 Å². The average molecular weight is 343 g/mol. The van der Waals surface area contributed by atoms with Crippen molar-refractivity contribution in [2.45, 2.75) is 44.9 Å². The van der Waals surface area contributed by atoms with Gasteiger partial charge in [-0.25, -0.2) is 0 Å². The Balaban J connectivity index is 1.61. The Morgan fingerprint density at radius 3 is 2.67 bits per heavy atom. The van der Waals surface area contributed by atoms with Gasteiger partial charge in [-0.3, -0.25) is 9.59 Å². The van der Waals surface area contributed by atoms with Crippen LogP contribution < -0.4 is 10.6 Å². The number of thiophene rings is 1. The fourth-order valence-corrected chi connectivity index (χ4v) is 4.47. The molecule has 3 aliphatic carbocycles. The Morgan fingerprint density at radius 2 is 2.00 bits per heavy atom. The number of nitrogens with zero attached hydrogens (tertiary/aromatic N) is 1. The maximum Gasteiger partial charge on any atom is 0.254 e. The van der Waals surface area contributed by atoms with Crippen molar-refractivity contribution in [3.05, 3.63) is 16.0 Å². The van der Waals surface area contributed by atoms with E-state index in [-0.39, 0.29) is 23.7 Å². The largest absolute Gasteiger partial charge is 0.352 e. The van der Waals surface area contributed by atoms with Gasteiger partial charge in [0.15, 0.2) is 0 Å². The monoisotopic (exact) mass is 343 g/mol. The third-order valence-electron chi connectivity index (χ3n) is 5.10. The van der Waals surface area contributed by atoms with E-state index in [0.29, 0.717) is 29.4 Å². The highest BCUT2D eigenvalue weighted by atomic mass is 32.1. The van der Waals surface area contributed by atoms with Crippen molar-refractivity contribution in [1.29, 1.82) is 5.26 Å². The van der Waals surface area contributed by atoms with Crippen molar-refractivity contribution >= 4 is 28.2 Å². The Hall–Kier alpha value is -1.87. The van der Waals surface area contributed by atoms with E-state index in [1.54, 1.807) is 0 Å². The molecule has 0 aromatic carbocycles. The first-order chi connectivity index (χ1) is 11.7. The number of anilines is 1. The standard InChI is InChI=1S/C18H21N3O2S/c19-8-11-3-6-14-13(7-11)15(17(23)20-9-10-1-2-10)18(24-14)21-16(22)12-4-5-12/h10-12H,1-7,9H2,(H,20,23)(H,21,22). The van der Waals surface area contributed by atoms with Crippen molar-refractivity contribution in [2.75, 3.05) is 11.9 Å². The summed E-state index contributed by atoms with van der Waals surface area (Å²) in [5.41, 5.74) is 1.60. The molecular formula is C18H21N3O2S. The molecule has 1 atom stereocenters. The third-order valence-corrected chi connectivity index (χ3v) is 6.31. The van der Waals surface area contributed by atoms with Crippen molar-refractivity contribution in [3.63, 3.8) is 0 Å². The topological polar surface area (TPSA) is 82.0 Å². The van der Waals surface area contributed by atoms with Gasteiger partial charge >= 0.3 is 0 Å². The summed E-state index contributed by atoms with van der Waals surface area (Å²) in [4.78, 5) is 26.1. The molecule has 6 heteroatoms. The summed E-state index contributed by atoms with van der Waals surface area (Å²) in [6, 6.07) is 2.34. The number of amides is 2. The van der Waals surface area contributed by atoms with Crippen molar-refractivity contribution in [2.24, 2.45) is 17.8 Å². The van der Waals surface area contributed by atoms with Crippen LogP contribution in [0.3, 0.4) is 0 Å². The van der Waals surface area contributed by atoms with E-state index in [9.17, 15) is 14.9 Å². The first kappa shape index (κ1) is 15.6. The first-order valence-corrected chi connectivity index (χ1v) is 9.60. The SMILES string of the molecule is N#CC1CCc2sc(NC(=O)C3CC3)c(C(=O)NCC3CC3)c2C1. The number of fused-ring (bicyclic) bond motifs is 1. The van der Waals surface area contributed by atoms with E-state index >= 15 is 0 Å². The summed E-state index contributed by atoms with van der Waals surface area (Å²) >= 11 is 1.52. The zero-order valence-corrected chi connectivity index (χ0v) is 14.4. The Bertz CT molecular complexity index is 725. The number of aryl methyl sites for hydroxylation is 1. The number of carbonyl (C=O) groups is 2. The molecular weight excluding hydrogens is 322 g/mol. The number of nitriles is 1. The van der Waals surface area contributed by atoms with Crippen LogP contribution in [0.5, 0.6) is 0 Å². The summed E-state index contributed by atoms with van der Waals surface area (Å²) in [6.45, 7) is 0.709. The van der Waals surface area contributed by atoms with Crippen LogP contribution in [0.25, 0.3) is 0 Å². The lowest BCUT2D eigenvalue weighted by atomic mass is 9.87. The van der Waals surface area contributed by atoms with E-state index in [1.807, 2.05) is 0 Å². The molecule has 0 spiro atoms. The summed E-state index contributed by atoms with van der Waals surface area (Å²) in [7, 11) is 0. The smallest absolute Gasteiger partial charge is 0.254 e. The lowest BCUT2D eigenvalue weighted by Crippen LogP contribution is -2.28. The second-order valence-corrected chi connectivity index (χ2v) is 8.30. The first-order valence-electron chi connectivity index (χ1n) is 8.79. The molecule has 2 fully saturated rings. The molecule has 5 nitrogen and oxygen atoms in total. The summed E-state index contributed by atoms with van der Waals surface area (Å²) < 4.78 is 0. The number of hydrogen-bond donors (Lipinski definition) is 2. The lowest BCUT2D eigenvalue weighted by molar-refractivity contribution is -0.117. The summed E-state index contributed by atoms with van der Waals surface area (Å²) in [5, 5.41) is 15.9. The minimum Gasteiger partial charge on any atom is -0.352 e. The fraction of sp³-hybridized carbons (Fsp3) is 0.611. The van der Waals surface area contributed by atoms with Gasteiger partial charge < -0.3 is 10.6 Å². The molecule has 0 saturated heterocycles. The molecule has 2 saturated carbocycles. The fourth-order valence-electron chi connectivity index (χ4n) is 3.23. The van der Waals surface area contributed by atoms with Gasteiger partial charge in [0.2, 0.25) is 5.91 Å². The van der Waals surface area contributed by atoms with E-state index in [2.05, 4.69) is 16.7 Å². The normalized spacial score (nSPS) is 22.4. The van der Waals surface area contributed by atoms with Crippen molar-refractivity contribution in [3.8, 4) is 6.07 Å². The van der Waals surface area contributed by atoms with Gasteiger partial charge in [-0.1, -0.05) is 0 Å². The molecule has 3 aliphatic rings. The Morgan fingerprint density at radius 1 is 1.21 bits per heavy atom. The predicted molar refractivity (Wildman–Crippen MR) is 91.9 cm³/mol. The minimum atomic E-state index is -0.0934. The zero-order valence-electron chi connectivity index (χ0n) is 13.6. The van der Waals surface area contributed by atoms with E-state index in [0.717, 1.165) is 36.1 Å². The molecule has 1 aromatic heterocycles. The average Bonchev–Trinajstić information content (AvgIpc) is 3.48. The quantitative estimate of drug-likeness (QED) is 0.862. The van der Waals surface area contributed by atoms with Crippen molar-refractivity contribution < 1.29 is 9.59 Å². The highest BCUT2D eigenvalue weighted by molar-refractivity contribution is 7.17. The van der Waals surface area contributed by atoms with Crippen LogP contribution in [0.1, 0.15) is 52.9 Å². The number of nitrogens with one attached hydrogen (secondary N) is 2. The molecule has 24 heavy (non-hydrogen) atoms. The van der Waals surface area contributed by atoms with E-state index < -0.39 is 0 Å². The van der Waals surface area contributed by atoms with Crippen LogP contribution in [0.2, 0.25) is 0 Å². The molecule has 1 heterocycles. The lowest BCUT2D eigenvalue weighted by Gasteiger charge is -2.17. The highest BCUT2D eigenvalue weighted by Crippen LogP contribution is 2.41. The second-order valence-electron chi connectivity index (χ2n) is 7.19. The van der Waals surface area contributed by atoms with Crippen LogP contribution in [0.15, 0.2) is 0 Å². The van der Waals surface area contributed by atoms with E-state index in [1.165, 1.54) is 24.2 Å². The molecule has 0 radical (unpaired) electrons. The molecule has 2 amide bonds. The van der Waals surface area contributed by atoms with Crippen LogP contribution in [0.4, 0.5) is 5.00 Å². The minimum absolute atomic E-state index is 0.0293. The maximum absolute atomic E-state index is 12.8. The van der Waals surface area contributed by atoms with Crippen LogP contribution in [-0.2, 0) is 17.6 Å². The predicted octanol–water partition coefficient (Wildman–Crippen LogP) is 2.86. The summed E-state index contributed by atoms with van der Waals surface area (Å²) in [5.74, 6) is 0.623. The molecule has 2 N–H and O–H groups in total. The van der Waals surface area contributed by atoms with Gasteiger partial charge in [0.25, 0.3) is 5.91 Å². The highest BCUT2D eigenvalue weighted by Gasteiger charge is 2.34. The number of hydrogen-bond acceptors (Lipinski definition) is 4. The maximum atomic E-state index is 12.8. The van der Waals surface area contributed by atoms with Crippen molar-refractivity contribution in [1.82, 2.24) is 5.32 Å². The summed E-state index contributed by atoms with van der Waals surface area (Å²) in [6.07, 6.45) is 6.53. The van der Waals surface area contributed by atoms with E-state index in [4.69, 9.17) is 0 Å². The third kappa shape index (κ3) is 3.18. The number of rotatable bonds is 5. The van der Waals surface area contributed by atoms with Gasteiger partial charge in [0.05, 0.1) is 17.6 Å². The Labute approximate surface area is 145 Å². The van der Waals surface area contributed by atoms with Gasteiger partial charge in [-0.15, -0.1) is 11.3 Å². The molecule has 1 unspecified atom stereocenters. The zero-order chi connectivity index (χ0) is 16.7. The van der Waals surface area contributed by atoms with Gasteiger partial charge in [-0.05, 0) is 56.4 Å². The van der Waals surface area contributed by atoms with Crippen LogP contribution >= 0.6 is 11.3 Å².